The van der Waals surface area contributed by atoms with Gasteiger partial charge >= 0.3 is 0 Å². The topological polar surface area (TPSA) is 79.7 Å². The van der Waals surface area contributed by atoms with Gasteiger partial charge in [-0.15, -0.1) is 5.10 Å². The standard InChI is InChI=1S/C30H38N6O/c1-5-27(29-32-33-34-36(29)26-11-6-7-12-26)35(14-13-23-10-8-9-20(2)16-23)19-25-18-24-17-21(3)15-22(4)28(24)31-30(25)37/h8-10,15-18,26-27H,5-7,11-14,19H2,1-4H3,(H,31,37)/t27-/m0/s1. The van der Waals surface area contributed by atoms with Crippen LogP contribution in [0.15, 0.2) is 47.3 Å². The van der Waals surface area contributed by atoms with E-state index in [9.17, 15) is 4.79 Å². The van der Waals surface area contributed by atoms with Crippen LogP contribution in [0.1, 0.15) is 84.8 Å². The fourth-order valence-corrected chi connectivity index (χ4v) is 5.99. The number of fused-ring (bicyclic) bond motifs is 1. The lowest BCUT2D eigenvalue weighted by molar-refractivity contribution is 0.169. The molecule has 5 rings (SSSR count). The Balaban J connectivity index is 1.51. The van der Waals surface area contributed by atoms with Crippen LogP contribution >= 0.6 is 0 Å². The van der Waals surface area contributed by atoms with Crippen molar-refractivity contribution in [2.75, 3.05) is 6.54 Å². The monoisotopic (exact) mass is 498 g/mol. The predicted molar refractivity (Wildman–Crippen MR) is 148 cm³/mol. The predicted octanol–water partition coefficient (Wildman–Crippen LogP) is 5.75. The molecule has 0 unspecified atom stereocenters. The zero-order chi connectivity index (χ0) is 25.9. The molecule has 0 amide bonds. The normalized spacial score (nSPS) is 15.2. The van der Waals surface area contributed by atoms with Gasteiger partial charge in [-0.2, -0.15) is 0 Å². The Kier molecular flexibility index (Phi) is 7.51. The Hall–Kier alpha value is -3.32. The molecule has 0 spiro atoms. The van der Waals surface area contributed by atoms with E-state index in [0.717, 1.165) is 60.1 Å². The number of tetrazole rings is 1. The van der Waals surface area contributed by atoms with Crippen LogP contribution in [0.4, 0.5) is 0 Å². The van der Waals surface area contributed by atoms with Crippen LogP contribution in [0.25, 0.3) is 10.9 Å². The molecule has 2 heterocycles. The zero-order valence-electron chi connectivity index (χ0n) is 22.5. The van der Waals surface area contributed by atoms with Gasteiger partial charge in [0.15, 0.2) is 5.82 Å². The summed E-state index contributed by atoms with van der Waals surface area (Å²) in [4.78, 5) is 18.8. The van der Waals surface area contributed by atoms with Crippen LogP contribution in [0.5, 0.6) is 0 Å². The Bertz CT molecular complexity index is 1430. The molecule has 0 radical (unpaired) electrons. The zero-order valence-corrected chi connectivity index (χ0v) is 22.5. The molecule has 1 fully saturated rings. The number of aromatic amines is 1. The number of benzene rings is 2. The maximum Gasteiger partial charge on any atom is 0.252 e. The number of nitrogens with one attached hydrogen (secondary N) is 1. The van der Waals surface area contributed by atoms with Crippen LogP contribution in [-0.4, -0.2) is 36.6 Å². The van der Waals surface area contributed by atoms with Crippen molar-refractivity contribution in [1.82, 2.24) is 30.1 Å². The molecule has 0 bridgehead atoms. The number of hydrogen-bond donors (Lipinski definition) is 1. The van der Waals surface area contributed by atoms with E-state index in [0.29, 0.717) is 12.6 Å². The highest BCUT2D eigenvalue weighted by Gasteiger charge is 2.29. The van der Waals surface area contributed by atoms with Crippen LogP contribution in [0.2, 0.25) is 0 Å². The minimum atomic E-state index is -0.0229. The van der Waals surface area contributed by atoms with Gasteiger partial charge in [-0.3, -0.25) is 9.69 Å². The molecule has 7 nitrogen and oxygen atoms in total. The molecule has 194 valence electrons. The molecule has 0 saturated heterocycles. The first-order valence-electron chi connectivity index (χ1n) is 13.6. The lowest BCUT2D eigenvalue weighted by Crippen LogP contribution is -2.34. The number of aromatic nitrogens is 5. The summed E-state index contributed by atoms with van der Waals surface area (Å²) in [6.45, 7) is 9.82. The Morgan fingerprint density at radius 1 is 1.08 bits per heavy atom. The van der Waals surface area contributed by atoms with E-state index in [-0.39, 0.29) is 11.6 Å². The molecule has 1 aliphatic rings. The van der Waals surface area contributed by atoms with E-state index in [1.807, 2.05) is 0 Å². The minimum Gasteiger partial charge on any atom is -0.321 e. The van der Waals surface area contributed by atoms with Crippen molar-refractivity contribution in [1.29, 1.82) is 0 Å². The molecule has 0 aliphatic heterocycles. The number of nitrogens with zero attached hydrogens (tertiary/aromatic N) is 5. The molecule has 1 aliphatic carbocycles. The van der Waals surface area contributed by atoms with Crippen molar-refractivity contribution in [2.24, 2.45) is 0 Å². The van der Waals surface area contributed by atoms with Gasteiger partial charge in [-0.25, -0.2) is 4.68 Å². The first-order valence-corrected chi connectivity index (χ1v) is 13.6. The number of aryl methyl sites for hydroxylation is 3. The van der Waals surface area contributed by atoms with Gasteiger partial charge in [0, 0.05) is 18.7 Å². The lowest BCUT2D eigenvalue weighted by Gasteiger charge is -2.31. The van der Waals surface area contributed by atoms with Crippen LogP contribution in [-0.2, 0) is 13.0 Å². The molecule has 2 aromatic heterocycles. The largest absolute Gasteiger partial charge is 0.321 e. The summed E-state index contributed by atoms with van der Waals surface area (Å²) in [6.07, 6.45) is 6.46. The molecule has 7 heteroatoms. The van der Waals surface area contributed by atoms with Crippen molar-refractivity contribution >= 4 is 10.9 Å². The Morgan fingerprint density at radius 2 is 1.89 bits per heavy atom. The molecule has 1 atom stereocenters. The van der Waals surface area contributed by atoms with E-state index in [1.165, 1.54) is 29.5 Å². The van der Waals surface area contributed by atoms with Gasteiger partial charge in [0.2, 0.25) is 0 Å². The van der Waals surface area contributed by atoms with E-state index in [4.69, 9.17) is 0 Å². The van der Waals surface area contributed by atoms with Crippen molar-refractivity contribution in [3.05, 3.63) is 86.5 Å². The second kappa shape index (κ2) is 11.0. The average molecular weight is 499 g/mol. The SMILES string of the molecule is CC[C@@H](c1nnnn1C1CCCC1)N(CCc1cccc(C)c1)Cc1cc2cc(C)cc(C)c2[nH]c1=O. The van der Waals surface area contributed by atoms with E-state index >= 15 is 0 Å². The van der Waals surface area contributed by atoms with E-state index in [1.54, 1.807) is 0 Å². The van der Waals surface area contributed by atoms with Gasteiger partial charge in [-0.05, 0) is 85.5 Å². The van der Waals surface area contributed by atoms with Crippen molar-refractivity contribution in [3.8, 4) is 0 Å². The average Bonchev–Trinajstić information content (AvgIpc) is 3.56. The number of hydrogen-bond acceptors (Lipinski definition) is 5. The quantitative estimate of drug-likeness (QED) is 0.318. The van der Waals surface area contributed by atoms with Crippen LogP contribution in [0, 0.1) is 20.8 Å². The third-order valence-corrected chi connectivity index (χ3v) is 7.83. The molecular formula is C30H38N6O. The molecule has 37 heavy (non-hydrogen) atoms. The highest BCUT2D eigenvalue weighted by molar-refractivity contribution is 5.82. The van der Waals surface area contributed by atoms with Crippen LogP contribution < -0.4 is 5.56 Å². The van der Waals surface area contributed by atoms with E-state index in [2.05, 4.69) is 100 Å². The fourth-order valence-electron chi connectivity index (χ4n) is 5.99. The Morgan fingerprint density at radius 3 is 2.65 bits per heavy atom. The Labute approximate surface area is 218 Å². The summed E-state index contributed by atoms with van der Waals surface area (Å²) in [5, 5.41) is 14.1. The summed E-state index contributed by atoms with van der Waals surface area (Å²) in [7, 11) is 0. The summed E-state index contributed by atoms with van der Waals surface area (Å²) < 4.78 is 2.07. The van der Waals surface area contributed by atoms with Crippen molar-refractivity contribution in [3.63, 3.8) is 0 Å². The first-order chi connectivity index (χ1) is 17.9. The fraction of sp³-hybridized carbons (Fsp3) is 0.467. The number of rotatable bonds is 9. The van der Waals surface area contributed by atoms with E-state index < -0.39 is 0 Å². The summed E-state index contributed by atoms with van der Waals surface area (Å²) in [5.74, 6) is 0.919. The molecule has 1 saturated carbocycles. The van der Waals surface area contributed by atoms with Gasteiger partial charge in [0.1, 0.15) is 0 Å². The summed E-state index contributed by atoms with van der Waals surface area (Å²) in [5.41, 5.74) is 6.53. The van der Waals surface area contributed by atoms with Gasteiger partial charge < -0.3 is 4.98 Å². The smallest absolute Gasteiger partial charge is 0.252 e. The highest BCUT2D eigenvalue weighted by Crippen LogP contribution is 2.33. The van der Waals surface area contributed by atoms with Gasteiger partial charge in [0.25, 0.3) is 5.56 Å². The number of H-pyrrole nitrogens is 1. The maximum absolute atomic E-state index is 13.3. The summed E-state index contributed by atoms with van der Waals surface area (Å²) >= 11 is 0. The first kappa shape index (κ1) is 25.3. The minimum absolute atomic E-state index is 0.0229. The second-order valence-electron chi connectivity index (χ2n) is 10.7. The van der Waals surface area contributed by atoms with Gasteiger partial charge in [0.05, 0.1) is 17.6 Å². The van der Waals surface area contributed by atoms with Crippen molar-refractivity contribution in [2.45, 2.75) is 84.8 Å². The van der Waals surface area contributed by atoms with Crippen LogP contribution in [0.3, 0.4) is 0 Å². The third kappa shape index (κ3) is 5.52. The van der Waals surface area contributed by atoms with Crippen molar-refractivity contribution < 1.29 is 0 Å². The summed E-state index contributed by atoms with van der Waals surface area (Å²) in [6, 6.07) is 15.4. The molecule has 1 N–H and O–H groups in total. The maximum atomic E-state index is 13.3. The highest BCUT2D eigenvalue weighted by atomic mass is 16.1. The third-order valence-electron chi connectivity index (χ3n) is 7.83. The second-order valence-corrected chi connectivity index (χ2v) is 10.7. The molecule has 4 aromatic rings. The molecular weight excluding hydrogens is 460 g/mol. The lowest BCUT2D eigenvalue weighted by atomic mass is 10.0. The molecule has 2 aromatic carbocycles. The number of pyridine rings is 1. The van der Waals surface area contributed by atoms with Gasteiger partial charge in [-0.1, -0.05) is 61.2 Å².